The summed E-state index contributed by atoms with van der Waals surface area (Å²) in [6.07, 6.45) is 2.04. The molecule has 8 heteroatoms. The van der Waals surface area contributed by atoms with Crippen LogP contribution >= 0.6 is 0 Å². The summed E-state index contributed by atoms with van der Waals surface area (Å²) in [5, 5.41) is 11.6. The van der Waals surface area contributed by atoms with Gasteiger partial charge in [0.05, 0.1) is 6.26 Å². The van der Waals surface area contributed by atoms with Crippen molar-refractivity contribution >= 4 is 23.5 Å². The van der Waals surface area contributed by atoms with Crippen LogP contribution in [-0.4, -0.2) is 47.0 Å². The van der Waals surface area contributed by atoms with Crippen molar-refractivity contribution < 1.29 is 28.6 Å². The Bertz CT molecular complexity index is 787. The van der Waals surface area contributed by atoms with Gasteiger partial charge in [0, 0.05) is 17.8 Å². The molecule has 0 bridgehead atoms. The molecule has 2 rings (SSSR count). The first-order valence-electron chi connectivity index (χ1n) is 8.49. The Kier molecular flexibility index (Phi) is 6.99. The number of hydrogen-bond acceptors (Lipinski definition) is 5. The molecule has 0 aliphatic rings. The number of furan rings is 1. The van der Waals surface area contributed by atoms with Gasteiger partial charge in [-0.15, -0.1) is 0 Å². The van der Waals surface area contributed by atoms with Gasteiger partial charge in [0.25, 0.3) is 11.8 Å². The molecular weight excluding hydrogens is 352 g/mol. The highest BCUT2D eigenvalue weighted by molar-refractivity contribution is 6.02. The summed E-state index contributed by atoms with van der Waals surface area (Å²) in [5.41, 5.74) is 0.477. The van der Waals surface area contributed by atoms with E-state index in [4.69, 9.17) is 14.3 Å². The van der Waals surface area contributed by atoms with Gasteiger partial charge in [-0.1, -0.05) is 13.0 Å². The SMILES string of the molecule is CCC(C)N(CC(=O)O)C(=O)COc1cccc(NC(=O)c2ccco2)c1. The number of aliphatic carboxylic acids is 1. The van der Waals surface area contributed by atoms with E-state index in [1.54, 1.807) is 43.3 Å². The van der Waals surface area contributed by atoms with Crippen LogP contribution in [-0.2, 0) is 9.59 Å². The van der Waals surface area contributed by atoms with Crippen molar-refractivity contribution in [1.82, 2.24) is 4.90 Å². The lowest BCUT2D eigenvalue weighted by Gasteiger charge is -2.26. The standard InChI is InChI=1S/C19H22N2O6/c1-3-13(2)21(11-18(23)24)17(22)12-27-15-7-4-6-14(10-15)20-19(25)16-8-5-9-26-16/h4-10,13H,3,11-12H2,1-2H3,(H,20,25)(H,23,24). The molecule has 0 aliphatic carbocycles. The maximum absolute atomic E-state index is 12.3. The molecule has 0 aliphatic heterocycles. The molecule has 144 valence electrons. The van der Waals surface area contributed by atoms with Crippen molar-refractivity contribution in [3.05, 3.63) is 48.4 Å². The number of amides is 2. The van der Waals surface area contributed by atoms with E-state index in [1.165, 1.54) is 11.2 Å². The molecule has 1 aromatic heterocycles. The number of hydrogen-bond donors (Lipinski definition) is 2. The van der Waals surface area contributed by atoms with E-state index < -0.39 is 17.8 Å². The molecule has 0 saturated heterocycles. The molecule has 1 aromatic carbocycles. The van der Waals surface area contributed by atoms with Crippen molar-refractivity contribution in [3.63, 3.8) is 0 Å². The molecule has 0 saturated carbocycles. The number of carboxylic acid groups (broad SMARTS) is 1. The molecule has 2 aromatic rings. The topological polar surface area (TPSA) is 109 Å². The largest absolute Gasteiger partial charge is 0.484 e. The fraction of sp³-hybridized carbons (Fsp3) is 0.316. The lowest BCUT2D eigenvalue weighted by Crippen LogP contribution is -2.44. The summed E-state index contributed by atoms with van der Waals surface area (Å²) in [5.74, 6) is -1.35. The van der Waals surface area contributed by atoms with E-state index in [2.05, 4.69) is 5.32 Å². The van der Waals surface area contributed by atoms with Crippen LogP contribution in [0, 0.1) is 0 Å². The quantitative estimate of drug-likeness (QED) is 0.698. The van der Waals surface area contributed by atoms with Gasteiger partial charge in [-0.3, -0.25) is 14.4 Å². The van der Waals surface area contributed by atoms with E-state index in [-0.39, 0.29) is 25.0 Å². The lowest BCUT2D eigenvalue weighted by molar-refractivity contribution is -0.147. The van der Waals surface area contributed by atoms with Gasteiger partial charge in [0.2, 0.25) is 0 Å². The average Bonchev–Trinajstić information content (AvgIpc) is 3.18. The van der Waals surface area contributed by atoms with Crippen molar-refractivity contribution in [1.29, 1.82) is 0 Å². The Hall–Kier alpha value is -3.29. The number of carboxylic acids is 1. The zero-order valence-corrected chi connectivity index (χ0v) is 15.2. The third-order valence-corrected chi connectivity index (χ3v) is 3.95. The van der Waals surface area contributed by atoms with E-state index in [9.17, 15) is 14.4 Å². The highest BCUT2D eigenvalue weighted by Crippen LogP contribution is 2.18. The molecule has 1 atom stereocenters. The van der Waals surface area contributed by atoms with Gasteiger partial charge in [-0.05, 0) is 37.6 Å². The minimum atomic E-state index is -1.08. The first kappa shape index (κ1) is 20.0. The molecular formula is C19H22N2O6. The number of anilines is 1. The van der Waals surface area contributed by atoms with Crippen molar-refractivity contribution in [3.8, 4) is 5.75 Å². The van der Waals surface area contributed by atoms with Gasteiger partial charge in [0.15, 0.2) is 12.4 Å². The van der Waals surface area contributed by atoms with Crippen LogP contribution in [0.4, 0.5) is 5.69 Å². The van der Waals surface area contributed by atoms with Crippen molar-refractivity contribution in [2.24, 2.45) is 0 Å². The molecule has 2 amide bonds. The number of nitrogens with one attached hydrogen (secondary N) is 1. The van der Waals surface area contributed by atoms with Crippen LogP contribution in [0.25, 0.3) is 0 Å². The molecule has 0 spiro atoms. The van der Waals surface area contributed by atoms with E-state index >= 15 is 0 Å². The van der Waals surface area contributed by atoms with Crippen molar-refractivity contribution in [2.75, 3.05) is 18.5 Å². The molecule has 1 unspecified atom stereocenters. The fourth-order valence-corrected chi connectivity index (χ4v) is 2.35. The predicted molar refractivity (Wildman–Crippen MR) is 97.7 cm³/mol. The lowest BCUT2D eigenvalue weighted by atomic mass is 10.2. The van der Waals surface area contributed by atoms with Crippen LogP contribution < -0.4 is 10.1 Å². The molecule has 2 N–H and O–H groups in total. The summed E-state index contributed by atoms with van der Waals surface area (Å²) in [6.45, 7) is 2.98. The van der Waals surface area contributed by atoms with Crippen LogP contribution in [0.3, 0.4) is 0 Å². The second-order valence-corrected chi connectivity index (χ2v) is 5.92. The monoisotopic (exact) mass is 374 g/mol. The minimum Gasteiger partial charge on any atom is -0.484 e. The third kappa shape index (κ3) is 5.88. The molecule has 0 radical (unpaired) electrons. The van der Waals surface area contributed by atoms with Gasteiger partial charge < -0.3 is 24.5 Å². The molecule has 27 heavy (non-hydrogen) atoms. The number of ether oxygens (including phenoxy) is 1. The Labute approximate surface area is 156 Å². The van der Waals surface area contributed by atoms with Crippen LogP contribution in [0.5, 0.6) is 5.75 Å². The van der Waals surface area contributed by atoms with E-state index in [0.29, 0.717) is 17.9 Å². The summed E-state index contributed by atoms with van der Waals surface area (Å²) < 4.78 is 10.5. The van der Waals surface area contributed by atoms with Gasteiger partial charge >= 0.3 is 5.97 Å². The Morgan fingerprint density at radius 3 is 2.67 bits per heavy atom. The molecule has 8 nitrogen and oxygen atoms in total. The second kappa shape index (κ2) is 9.42. The summed E-state index contributed by atoms with van der Waals surface area (Å²) in [6, 6.07) is 9.49. The number of benzene rings is 1. The Morgan fingerprint density at radius 2 is 2.04 bits per heavy atom. The highest BCUT2D eigenvalue weighted by Gasteiger charge is 2.22. The summed E-state index contributed by atoms with van der Waals surface area (Å²) in [4.78, 5) is 36.6. The first-order valence-corrected chi connectivity index (χ1v) is 8.49. The van der Waals surface area contributed by atoms with Gasteiger partial charge in [-0.2, -0.15) is 0 Å². The maximum Gasteiger partial charge on any atom is 0.323 e. The average molecular weight is 374 g/mol. The van der Waals surface area contributed by atoms with E-state index in [1.807, 2.05) is 6.92 Å². The summed E-state index contributed by atoms with van der Waals surface area (Å²) >= 11 is 0. The van der Waals surface area contributed by atoms with Gasteiger partial charge in [-0.25, -0.2) is 0 Å². The highest BCUT2D eigenvalue weighted by atomic mass is 16.5. The molecule has 1 heterocycles. The van der Waals surface area contributed by atoms with Crippen LogP contribution in [0.1, 0.15) is 30.8 Å². The molecule has 0 fully saturated rings. The Balaban J connectivity index is 1.97. The predicted octanol–water partition coefficient (Wildman–Crippen LogP) is 2.62. The fourth-order valence-electron chi connectivity index (χ4n) is 2.35. The zero-order valence-electron chi connectivity index (χ0n) is 15.2. The number of rotatable bonds is 9. The third-order valence-electron chi connectivity index (χ3n) is 3.95. The maximum atomic E-state index is 12.3. The normalized spacial score (nSPS) is 11.5. The first-order chi connectivity index (χ1) is 12.9. The number of carbonyl (C=O) groups excluding carboxylic acids is 2. The smallest absolute Gasteiger partial charge is 0.323 e. The van der Waals surface area contributed by atoms with Crippen LogP contribution in [0.2, 0.25) is 0 Å². The second-order valence-electron chi connectivity index (χ2n) is 5.92. The zero-order chi connectivity index (χ0) is 19.8. The van der Waals surface area contributed by atoms with E-state index in [0.717, 1.165) is 0 Å². The number of nitrogens with zero attached hydrogens (tertiary/aromatic N) is 1. The Morgan fingerprint density at radius 1 is 1.26 bits per heavy atom. The van der Waals surface area contributed by atoms with Gasteiger partial charge in [0.1, 0.15) is 12.3 Å². The number of carbonyl (C=O) groups is 3. The minimum absolute atomic E-state index is 0.175. The van der Waals surface area contributed by atoms with Crippen LogP contribution in [0.15, 0.2) is 47.1 Å². The van der Waals surface area contributed by atoms with Crippen molar-refractivity contribution in [2.45, 2.75) is 26.3 Å². The summed E-state index contributed by atoms with van der Waals surface area (Å²) in [7, 11) is 0.